The summed E-state index contributed by atoms with van der Waals surface area (Å²) in [5.41, 5.74) is 0.407. The minimum atomic E-state index is -0.696. The lowest BCUT2D eigenvalue weighted by molar-refractivity contribution is -0.135. The molecule has 1 aliphatic heterocycles. The van der Waals surface area contributed by atoms with Crippen LogP contribution in [-0.4, -0.2) is 96.9 Å². The van der Waals surface area contributed by atoms with Crippen molar-refractivity contribution < 1.29 is 33.2 Å². The summed E-state index contributed by atoms with van der Waals surface area (Å²) < 4.78 is 36.0. The fourth-order valence-electron chi connectivity index (χ4n) is 5.60. The number of nitrogens with zero attached hydrogens (tertiary/aromatic N) is 3. The first-order valence-corrected chi connectivity index (χ1v) is 16.7. The normalized spacial score (nSPS) is 17.8. The average Bonchev–Trinajstić information content (AvgIpc) is 3.46. The number of hydrogen-bond acceptors (Lipinski definition) is 13. The number of rotatable bonds is 20. The van der Waals surface area contributed by atoms with Crippen molar-refractivity contribution in [1.82, 2.24) is 20.3 Å². The van der Waals surface area contributed by atoms with Gasteiger partial charge in [-0.2, -0.15) is 15.0 Å². The molecule has 5 N–H and O–H groups in total. The number of esters is 1. The molecule has 2 unspecified atom stereocenters. The Morgan fingerprint density at radius 3 is 2.30 bits per heavy atom. The van der Waals surface area contributed by atoms with Crippen LogP contribution >= 0.6 is 0 Å². The molecule has 0 radical (unpaired) electrons. The highest BCUT2D eigenvalue weighted by atomic mass is 19.1. The van der Waals surface area contributed by atoms with Crippen molar-refractivity contribution in [2.75, 3.05) is 68.7 Å². The SMILES string of the molecule is CCC(Nc1nc(Nc2ccc(OC(=O)CCOCCOCCOCCO)c(F)c2)nc(NC2CCCCCC2)n1)C1CCCN1. The van der Waals surface area contributed by atoms with Crippen LogP contribution in [0.4, 0.5) is 27.9 Å². The second-order valence-electron chi connectivity index (χ2n) is 11.6. The van der Waals surface area contributed by atoms with Crippen molar-refractivity contribution in [1.29, 1.82) is 0 Å². The van der Waals surface area contributed by atoms with E-state index in [-0.39, 0.29) is 50.0 Å². The molecule has 2 aromatic rings. The van der Waals surface area contributed by atoms with Gasteiger partial charge in [-0.3, -0.25) is 4.79 Å². The number of ether oxygens (including phenoxy) is 4. The molecular weight excluding hydrogens is 597 g/mol. The first-order valence-electron chi connectivity index (χ1n) is 16.7. The fourth-order valence-corrected chi connectivity index (χ4v) is 5.60. The van der Waals surface area contributed by atoms with Crippen molar-refractivity contribution in [2.24, 2.45) is 0 Å². The van der Waals surface area contributed by atoms with Gasteiger partial charge in [-0.15, -0.1) is 0 Å². The summed E-state index contributed by atoms with van der Waals surface area (Å²) in [6.45, 7) is 4.92. The maximum atomic E-state index is 15.0. The summed E-state index contributed by atoms with van der Waals surface area (Å²) >= 11 is 0. The standard InChI is InChI=1S/C32H50FN7O6/c1-2-26(27-10-7-14-34-27)37-32-39-30(35-23-8-5-3-4-6-9-23)38-31(40-32)36-24-11-12-28(25(33)22-24)46-29(42)13-16-43-18-20-45-21-19-44-17-15-41/h11-12,22-23,26-27,34,41H,2-10,13-21H2,1H3,(H3,35,36,37,38,39,40). The number of aliphatic hydroxyl groups excluding tert-OH is 1. The van der Waals surface area contributed by atoms with E-state index in [9.17, 15) is 9.18 Å². The van der Waals surface area contributed by atoms with E-state index in [2.05, 4.69) is 38.2 Å². The topological polar surface area (TPSA) is 161 Å². The van der Waals surface area contributed by atoms with E-state index in [0.717, 1.165) is 38.6 Å². The Hall–Kier alpha value is -3.17. The first kappa shape index (κ1) is 35.7. The molecule has 13 nitrogen and oxygen atoms in total. The number of anilines is 4. The number of hydrogen-bond donors (Lipinski definition) is 5. The van der Waals surface area contributed by atoms with Gasteiger partial charge in [0.1, 0.15) is 0 Å². The number of nitrogens with one attached hydrogen (secondary N) is 4. The molecule has 2 fully saturated rings. The second kappa shape index (κ2) is 20.1. The number of carbonyl (C=O) groups excluding carboxylic acids is 1. The predicted octanol–water partition coefficient (Wildman–Crippen LogP) is 4.17. The van der Waals surface area contributed by atoms with Crippen LogP contribution in [0.5, 0.6) is 5.75 Å². The van der Waals surface area contributed by atoms with E-state index >= 15 is 0 Å². The average molecular weight is 648 g/mol. The van der Waals surface area contributed by atoms with Crippen LogP contribution in [0.2, 0.25) is 0 Å². The van der Waals surface area contributed by atoms with E-state index in [0.29, 0.717) is 50.1 Å². The summed E-state index contributed by atoms with van der Waals surface area (Å²) in [5.74, 6) is -0.258. The molecule has 2 heterocycles. The van der Waals surface area contributed by atoms with Crippen molar-refractivity contribution >= 4 is 29.5 Å². The maximum absolute atomic E-state index is 15.0. The number of benzene rings is 1. The van der Waals surface area contributed by atoms with Crippen molar-refractivity contribution in [3.8, 4) is 5.75 Å². The molecular formula is C32H50FN7O6. The zero-order valence-electron chi connectivity index (χ0n) is 26.9. The van der Waals surface area contributed by atoms with Crippen LogP contribution in [0, 0.1) is 5.82 Å². The lowest BCUT2D eigenvalue weighted by atomic mass is 10.0. The van der Waals surface area contributed by atoms with Crippen LogP contribution in [0.3, 0.4) is 0 Å². The van der Waals surface area contributed by atoms with Gasteiger partial charge in [-0.05, 0) is 50.8 Å². The van der Waals surface area contributed by atoms with Crippen LogP contribution in [0.1, 0.15) is 71.1 Å². The van der Waals surface area contributed by atoms with Crippen LogP contribution in [0.15, 0.2) is 18.2 Å². The van der Waals surface area contributed by atoms with E-state index < -0.39 is 11.8 Å². The number of aliphatic hydroxyl groups is 1. The minimum absolute atomic E-state index is 0.0272. The predicted molar refractivity (Wildman–Crippen MR) is 173 cm³/mol. The molecule has 0 spiro atoms. The summed E-state index contributed by atoms with van der Waals surface area (Å²) in [6, 6.07) is 5.04. The molecule has 2 atom stereocenters. The third kappa shape index (κ3) is 12.6. The molecule has 46 heavy (non-hydrogen) atoms. The smallest absolute Gasteiger partial charge is 0.313 e. The van der Waals surface area contributed by atoms with Gasteiger partial charge in [0.25, 0.3) is 0 Å². The first-order chi connectivity index (χ1) is 22.5. The van der Waals surface area contributed by atoms with Crippen LogP contribution in [0.25, 0.3) is 0 Å². The Kier molecular flexibility index (Phi) is 15.6. The highest BCUT2D eigenvalue weighted by Crippen LogP contribution is 2.26. The summed E-state index contributed by atoms with van der Waals surface area (Å²) in [6.07, 6.45) is 10.1. The van der Waals surface area contributed by atoms with Gasteiger partial charge in [0.05, 0.1) is 52.7 Å². The fraction of sp³-hybridized carbons (Fsp3) is 0.688. The molecule has 4 rings (SSSR count). The Morgan fingerprint density at radius 2 is 1.63 bits per heavy atom. The van der Waals surface area contributed by atoms with Gasteiger partial charge in [-0.25, -0.2) is 4.39 Å². The molecule has 2 aliphatic rings. The third-order valence-electron chi connectivity index (χ3n) is 8.00. The second-order valence-corrected chi connectivity index (χ2v) is 11.6. The Bertz CT molecular complexity index is 1180. The van der Waals surface area contributed by atoms with Gasteiger partial charge >= 0.3 is 5.97 Å². The number of aromatic nitrogens is 3. The molecule has 1 aliphatic carbocycles. The Morgan fingerprint density at radius 1 is 0.935 bits per heavy atom. The highest BCUT2D eigenvalue weighted by molar-refractivity contribution is 5.73. The molecule has 1 saturated carbocycles. The quantitative estimate of drug-likeness (QED) is 0.0604. The molecule has 14 heteroatoms. The van der Waals surface area contributed by atoms with Crippen molar-refractivity contribution in [2.45, 2.75) is 89.3 Å². The van der Waals surface area contributed by atoms with E-state index in [1.54, 1.807) is 6.07 Å². The summed E-state index contributed by atoms with van der Waals surface area (Å²) in [7, 11) is 0. The van der Waals surface area contributed by atoms with Crippen molar-refractivity contribution in [3.05, 3.63) is 24.0 Å². The zero-order chi connectivity index (χ0) is 32.4. The number of carbonyl (C=O) groups is 1. The summed E-state index contributed by atoms with van der Waals surface area (Å²) in [4.78, 5) is 26.2. The maximum Gasteiger partial charge on any atom is 0.313 e. The molecule has 1 aromatic carbocycles. The van der Waals surface area contributed by atoms with Gasteiger partial charge < -0.3 is 45.3 Å². The highest BCUT2D eigenvalue weighted by Gasteiger charge is 2.24. The third-order valence-corrected chi connectivity index (χ3v) is 8.00. The molecule has 1 aromatic heterocycles. The molecule has 0 bridgehead atoms. The zero-order valence-corrected chi connectivity index (χ0v) is 26.9. The van der Waals surface area contributed by atoms with Gasteiger partial charge in [0.2, 0.25) is 17.8 Å². The lowest BCUT2D eigenvalue weighted by Gasteiger charge is -2.24. The van der Waals surface area contributed by atoms with E-state index in [1.165, 1.54) is 37.8 Å². The molecule has 1 saturated heterocycles. The largest absolute Gasteiger partial charge is 0.423 e. The summed E-state index contributed by atoms with van der Waals surface area (Å²) in [5, 5.41) is 22.3. The van der Waals surface area contributed by atoms with Crippen LogP contribution in [-0.2, 0) is 19.0 Å². The Labute approximate surface area is 270 Å². The molecule has 0 amide bonds. The van der Waals surface area contributed by atoms with Crippen molar-refractivity contribution in [3.63, 3.8) is 0 Å². The van der Waals surface area contributed by atoms with Gasteiger partial charge in [-0.1, -0.05) is 32.6 Å². The number of halogens is 1. The van der Waals surface area contributed by atoms with E-state index in [4.69, 9.17) is 29.0 Å². The van der Waals surface area contributed by atoms with Gasteiger partial charge in [0, 0.05) is 29.9 Å². The molecule has 256 valence electrons. The van der Waals surface area contributed by atoms with E-state index in [1.807, 2.05) is 0 Å². The Balaban J connectivity index is 1.31. The van der Waals surface area contributed by atoms with Gasteiger partial charge in [0.15, 0.2) is 11.6 Å². The monoisotopic (exact) mass is 647 g/mol. The van der Waals surface area contributed by atoms with Crippen LogP contribution < -0.4 is 26.0 Å². The minimum Gasteiger partial charge on any atom is -0.423 e. The lowest BCUT2D eigenvalue weighted by Crippen LogP contribution is -2.40.